The number of fused-ring (bicyclic) bond motifs is 1. The fourth-order valence-electron chi connectivity index (χ4n) is 3.84. The first-order valence-corrected chi connectivity index (χ1v) is 7.60. The molecule has 2 fully saturated rings. The summed E-state index contributed by atoms with van der Waals surface area (Å²) in [4.78, 5) is 0. The second-order valence-electron chi connectivity index (χ2n) is 7.61. The Kier molecular flexibility index (Phi) is 3.06. The zero-order valence-corrected chi connectivity index (χ0v) is 11.8. The summed E-state index contributed by atoms with van der Waals surface area (Å²) in [5.74, 6) is 1.66. The van der Waals surface area contributed by atoms with Crippen LogP contribution in [0.25, 0.3) is 0 Å². The van der Waals surface area contributed by atoms with Gasteiger partial charge in [0.05, 0.1) is 5.60 Å². The average Bonchev–Trinajstić information content (AvgIpc) is 2.66. The van der Waals surface area contributed by atoms with Gasteiger partial charge in [-0.2, -0.15) is 0 Å². The van der Waals surface area contributed by atoms with Gasteiger partial charge in [-0.15, -0.1) is 0 Å². The highest BCUT2D eigenvalue weighted by Crippen LogP contribution is 2.44. The lowest BCUT2D eigenvalue weighted by atomic mass is 9.69. The molecule has 0 aromatic carbocycles. The van der Waals surface area contributed by atoms with E-state index in [1.807, 2.05) is 0 Å². The van der Waals surface area contributed by atoms with E-state index >= 15 is 0 Å². The van der Waals surface area contributed by atoms with E-state index in [1.54, 1.807) is 0 Å². The molecule has 0 aromatic heterocycles. The van der Waals surface area contributed by atoms with E-state index in [4.69, 9.17) is 0 Å². The molecule has 102 valence electrons. The highest BCUT2D eigenvalue weighted by molar-refractivity contribution is 5.13. The van der Waals surface area contributed by atoms with E-state index in [9.17, 15) is 5.11 Å². The van der Waals surface area contributed by atoms with Gasteiger partial charge in [-0.25, -0.2) is 0 Å². The number of nitrogens with one attached hydrogen (secondary N) is 1. The number of aliphatic hydroxyl groups is 1. The molecule has 0 radical (unpaired) electrons. The van der Waals surface area contributed by atoms with Crippen LogP contribution in [0, 0.1) is 17.3 Å². The van der Waals surface area contributed by atoms with Crippen molar-refractivity contribution in [1.82, 2.24) is 5.32 Å². The minimum Gasteiger partial charge on any atom is -0.389 e. The van der Waals surface area contributed by atoms with Crippen molar-refractivity contribution >= 4 is 0 Å². The highest BCUT2D eigenvalue weighted by Gasteiger charge is 2.43. The van der Waals surface area contributed by atoms with Gasteiger partial charge in [0, 0.05) is 12.6 Å². The summed E-state index contributed by atoms with van der Waals surface area (Å²) in [6.07, 6.45) is 11.5. The Morgan fingerprint density at radius 1 is 1.22 bits per heavy atom. The van der Waals surface area contributed by atoms with Crippen LogP contribution in [0.15, 0.2) is 12.2 Å². The molecule has 2 saturated carbocycles. The third-order valence-corrected chi connectivity index (χ3v) is 5.59. The van der Waals surface area contributed by atoms with E-state index in [-0.39, 0.29) is 0 Å². The van der Waals surface area contributed by atoms with Crippen molar-refractivity contribution in [3.8, 4) is 0 Å². The lowest BCUT2D eigenvalue weighted by Gasteiger charge is -2.45. The zero-order chi connectivity index (χ0) is 12.8. The quantitative estimate of drug-likeness (QED) is 0.754. The molecule has 0 heterocycles. The monoisotopic (exact) mass is 249 g/mol. The fraction of sp³-hybridized carbons (Fsp3) is 0.875. The van der Waals surface area contributed by atoms with Crippen molar-refractivity contribution < 1.29 is 5.11 Å². The molecule has 0 amide bonds. The summed E-state index contributed by atoms with van der Waals surface area (Å²) in [5, 5.41) is 14.3. The molecule has 3 aliphatic rings. The Hall–Kier alpha value is -0.340. The Bertz CT molecular complexity index is 337. The van der Waals surface area contributed by atoms with Crippen LogP contribution in [0.4, 0.5) is 0 Å². The smallest absolute Gasteiger partial charge is 0.0772 e. The lowest BCUT2D eigenvalue weighted by Crippen LogP contribution is -2.54. The number of hydrogen-bond acceptors (Lipinski definition) is 2. The van der Waals surface area contributed by atoms with Crippen LogP contribution in [0.5, 0.6) is 0 Å². The molecule has 2 N–H and O–H groups in total. The van der Waals surface area contributed by atoms with Crippen LogP contribution in [-0.4, -0.2) is 23.3 Å². The van der Waals surface area contributed by atoms with Crippen LogP contribution in [0.2, 0.25) is 0 Å². The Labute approximate surface area is 111 Å². The van der Waals surface area contributed by atoms with Gasteiger partial charge in [-0.1, -0.05) is 26.0 Å². The van der Waals surface area contributed by atoms with E-state index in [0.29, 0.717) is 11.5 Å². The normalized spacial score (nSPS) is 40.3. The van der Waals surface area contributed by atoms with Gasteiger partial charge < -0.3 is 10.4 Å². The predicted molar refractivity (Wildman–Crippen MR) is 74.3 cm³/mol. The van der Waals surface area contributed by atoms with Gasteiger partial charge in [-0.05, 0) is 55.8 Å². The van der Waals surface area contributed by atoms with E-state index in [0.717, 1.165) is 44.1 Å². The molecular formula is C16H27NO. The maximum Gasteiger partial charge on any atom is 0.0772 e. The summed E-state index contributed by atoms with van der Waals surface area (Å²) >= 11 is 0. The van der Waals surface area contributed by atoms with E-state index < -0.39 is 5.60 Å². The zero-order valence-electron chi connectivity index (χ0n) is 11.8. The first-order valence-electron chi connectivity index (χ1n) is 7.60. The van der Waals surface area contributed by atoms with Gasteiger partial charge in [0.2, 0.25) is 0 Å². The van der Waals surface area contributed by atoms with Crippen LogP contribution >= 0.6 is 0 Å². The van der Waals surface area contributed by atoms with Gasteiger partial charge in [0.15, 0.2) is 0 Å². The molecule has 3 unspecified atom stereocenters. The van der Waals surface area contributed by atoms with E-state index in [1.165, 1.54) is 12.8 Å². The molecule has 2 heteroatoms. The van der Waals surface area contributed by atoms with Gasteiger partial charge in [0.25, 0.3) is 0 Å². The van der Waals surface area contributed by atoms with Crippen LogP contribution < -0.4 is 5.32 Å². The largest absolute Gasteiger partial charge is 0.389 e. The summed E-state index contributed by atoms with van der Waals surface area (Å²) in [6, 6.07) is 0.632. The highest BCUT2D eigenvalue weighted by atomic mass is 16.3. The van der Waals surface area contributed by atoms with E-state index in [2.05, 4.69) is 31.3 Å². The molecule has 0 spiro atoms. The molecular weight excluding hydrogens is 222 g/mol. The Balaban J connectivity index is 1.47. The third kappa shape index (κ3) is 2.37. The van der Waals surface area contributed by atoms with Gasteiger partial charge >= 0.3 is 0 Å². The molecule has 0 saturated heterocycles. The third-order valence-electron chi connectivity index (χ3n) is 5.59. The molecule has 3 rings (SSSR count). The molecule has 3 atom stereocenters. The fourth-order valence-corrected chi connectivity index (χ4v) is 3.84. The van der Waals surface area contributed by atoms with Crippen molar-refractivity contribution in [2.75, 3.05) is 6.54 Å². The van der Waals surface area contributed by atoms with Crippen molar-refractivity contribution in [3.05, 3.63) is 12.2 Å². The first-order chi connectivity index (χ1) is 8.48. The molecule has 2 nitrogen and oxygen atoms in total. The van der Waals surface area contributed by atoms with Crippen LogP contribution in [0.1, 0.15) is 52.4 Å². The predicted octanol–water partition coefficient (Wildman–Crippen LogP) is 2.87. The summed E-state index contributed by atoms with van der Waals surface area (Å²) in [6.45, 7) is 5.44. The molecule has 0 bridgehead atoms. The molecule has 0 aromatic rings. The minimum absolute atomic E-state index is 0.433. The average molecular weight is 249 g/mol. The second kappa shape index (κ2) is 4.35. The SMILES string of the molecule is CC1(C)CCC(O)(CNC2CC3CC=CC32)CC1. The topological polar surface area (TPSA) is 32.3 Å². The number of allylic oxidation sites excluding steroid dienone is 1. The molecule has 0 aliphatic heterocycles. The van der Waals surface area contributed by atoms with Gasteiger partial charge in [-0.3, -0.25) is 0 Å². The molecule has 3 aliphatic carbocycles. The first kappa shape index (κ1) is 12.7. The standard InChI is InChI=1S/C16H27NO/c1-15(2)6-8-16(18,9-7-15)11-17-14-10-12-4-3-5-13(12)14/h3,5,12-14,17-18H,4,6-11H2,1-2H3. The summed E-state index contributed by atoms with van der Waals surface area (Å²) in [5.41, 5.74) is -0.00902. The second-order valence-corrected chi connectivity index (χ2v) is 7.61. The van der Waals surface area contributed by atoms with Gasteiger partial charge in [0.1, 0.15) is 0 Å². The Morgan fingerprint density at radius 2 is 1.94 bits per heavy atom. The molecule has 18 heavy (non-hydrogen) atoms. The van der Waals surface area contributed by atoms with Crippen molar-refractivity contribution in [2.24, 2.45) is 17.3 Å². The maximum absolute atomic E-state index is 10.6. The van der Waals surface area contributed by atoms with Crippen molar-refractivity contribution in [3.63, 3.8) is 0 Å². The van der Waals surface area contributed by atoms with Crippen LogP contribution in [-0.2, 0) is 0 Å². The van der Waals surface area contributed by atoms with Crippen LogP contribution in [0.3, 0.4) is 0 Å². The summed E-state index contributed by atoms with van der Waals surface area (Å²) in [7, 11) is 0. The Morgan fingerprint density at radius 3 is 2.61 bits per heavy atom. The lowest BCUT2D eigenvalue weighted by molar-refractivity contribution is -0.0311. The summed E-state index contributed by atoms with van der Waals surface area (Å²) < 4.78 is 0. The van der Waals surface area contributed by atoms with Crippen molar-refractivity contribution in [2.45, 2.75) is 64.0 Å². The number of rotatable bonds is 3. The number of hydrogen-bond donors (Lipinski definition) is 2. The minimum atomic E-state index is -0.442. The maximum atomic E-state index is 10.6. The van der Waals surface area contributed by atoms with Crippen molar-refractivity contribution in [1.29, 1.82) is 0 Å².